The van der Waals surface area contributed by atoms with Crippen molar-refractivity contribution in [2.45, 2.75) is 13.5 Å². The van der Waals surface area contributed by atoms with Crippen molar-refractivity contribution in [3.8, 4) is 0 Å². The number of nitrogens with one attached hydrogen (secondary N) is 3. The fourth-order valence-electron chi connectivity index (χ4n) is 2.10. The van der Waals surface area contributed by atoms with Gasteiger partial charge in [0.1, 0.15) is 11.4 Å². The molecule has 1 amide bonds. The first-order chi connectivity index (χ1) is 10.1. The lowest BCUT2D eigenvalue weighted by Gasteiger charge is -2.03. The Morgan fingerprint density at radius 2 is 2.14 bits per heavy atom. The molecule has 6 nitrogen and oxygen atoms in total. The van der Waals surface area contributed by atoms with E-state index in [1.54, 1.807) is 6.92 Å². The second kappa shape index (κ2) is 5.24. The number of H-pyrrole nitrogens is 2. The lowest BCUT2D eigenvalue weighted by Crippen LogP contribution is -2.28. The maximum Gasteiger partial charge on any atom is 0.257 e. The third-order valence-electron chi connectivity index (χ3n) is 3.16. The zero-order valence-corrected chi connectivity index (χ0v) is 11.4. The molecule has 21 heavy (non-hydrogen) atoms. The summed E-state index contributed by atoms with van der Waals surface area (Å²) < 4.78 is 0. The molecule has 0 atom stereocenters. The van der Waals surface area contributed by atoms with Gasteiger partial charge in [-0.1, -0.05) is 12.1 Å². The minimum atomic E-state index is -0.420. The first-order valence-corrected chi connectivity index (χ1v) is 6.54. The van der Waals surface area contributed by atoms with Crippen molar-refractivity contribution in [1.82, 2.24) is 20.3 Å². The number of hydrogen-bond acceptors (Lipinski definition) is 3. The highest BCUT2D eigenvalue weighted by Gasteiger charge is 2.11. The van der Waals surface area contributed by atoms with Crippen LogP contribution in [0.1, 0.15) is 21.9 Å². The standard InChI is InChI=1S/C15H14N4O2/c1-9-6-13(20)10(7-16-9)15(21)17-8-14-18-11-4-2-3-5-12(11)19-14/h2-7H,8H2,1H3,(H,16,20)(H,17,21)(H,18,19). The van der Waals surface area contributed by atoms with E-state index in [2.05, 4.69) is 20.3 Å². The highest BCUT2D eigenvalue weighted by Crippen LogP contribution is 2.09. The Balaban J connectivity index is 1.74. The number of benzene rings is 1. The van der Waals surface area contributed by atoms with Gasteiger partial charge in [-0.15, -0.1) is 0 Å². The van der Waals surface area contributed by atoms with Crippen LogP contribution in [0, 0.1) is 6.92 Å². The van der Waals surface area contributed by atoms with Crippen LogP contribution in [0.15, 0.2) is 41.3 Å². The van der Waals surface area contributed by atoms with Crippen LogP contribution in [-0.4, -0.2) is 20.9 Å². The number of aromatic amines is 2. The number of nitrogens with zero attached hydrogens (tertiary/aromatic N) is 1. The summed E-state index contributed by atoms with van der Waals surface area (Å²) in [5.41, 5.74) is 2.27. The van der Waals surface area contributed by atoms with Gasteiger partial charge in [-0.25, -0.2) is 4.98 Å². The molecule has 0 saturated carbocycles. The molecule has 0 bridgehead atoms. The minimum absolute atomic E-state index is 0.0942. The first kappa shape index (κ1) is 13.1. The zero-order chi connectivity index (χ0) is 14.8. The van der Waals surface area contributed by atoms with Crippen molar-refractivity contribution in [3.05, 3.63) is 63.8 Å². The van der Waals surface area contributed by atoms with Crippen LogP contribution >= 0.6 is 0 Å². The Kier molecular flexibility index (Phi) is 3.27. The van der Waals surface area contributed by atoms with Crippen molar-refractivity contribution < 1.29 is 4.79 Å². The van der Waals surface area contributed by atoms with Gasteiger partial charge in [0.05, 0.1) is 17.6 Å². The van der Waals surface area contributed by atoms with E-state index < -0.39 is 5.91 Å². The van der Waals surface area contributed by atoms with Gasteiger partial charge in [0.2, 0.25) is 0 Å². The predicted octanol–water partition coefficient (Wildman–Crippen LogP) is 1.49. The van der Waals surface area contributed by atoms with E-state index in [4.69, 9.17) is 0 Å². The van der Waals surface area contributed by atoms with Crippen molar-refractivity contribution in [2.24, 2.45) is 0 Å². The van der Waals surface area contributed by atoms with Gasteiger partial charge >= 0.3 is 0 Å². The molecule has 106 valence electrons. The second-order valence-corrected chi connectivity index (χ2v) is 4.78. The number of carbonyl (C=O) groups excluding carboxylic acids is 1. The summed E-state index contributed by atoms with van der Waals surface area (Å²) in [5, 5.41) is 2.68. The normalized spacial score (nSPS) is 10.7. The van der Waals surface area contributed by atoms with Crippen molar-refractivity contribution in [3.63, 3.8) is 0 Å². The van der Waals surface area contributed by atoms with Crippen LogP contribution in [0.4, 0.5) is 0 Å². The van der Waals surface area contributed by atoms with E-state index in [0.717, 1.165) is 11.0 Å². The van der Waals surface area contributed by atoms with Gasteiger partial charge in [-0.2, -0.15) is 0 Å². The lowest BCUT2D eigenvalue weighted by atomic mass is 10.2. The van der Waals surface area contributed by atoms with Gasteiger partial charge < -0.3 is 15.3 Å². The Morgan fingerprint density at radius 1 is 1.33 bits per heavy atom. The number of carbonyl (C=O) groups is 1. The predicted molar refractivity (Wildman–Crippen MR) is 79.1 cm³/mol. The van der Waals surface area contributed by atoms with E-state index in [0.29, 0.717) is 11.5 Å². The Labute approximate surface area is 120 Å². The van der Waals surface area contributed by atoms with Gasteiger partial charge in [0.25, 0.3) is 5.91 Å². The Hall–Kier alpha value is -2.89. The summed E-state index contributed by atoms with van der Waals surface area (Å²) in [6.07, 6.45) is 1.42. The van der Waals surface area contributed by atoms with Crippen LogP contribution in [0.2, 0.25) is 0 Å². The molecule has 0 spiro atoms. The molecular formula is C15H14N4O2. The quantitative estimate of drug-likeness (QED) is 0.679. The summed E-state index contributed by atoms with van der Waals surface area (Å²) in [6, 6.07) is 9.02. The molecular weight excluding hydrogens is 268 g/mol. The van der Waals surface area contributed by atoms with Crippen LogP contribution in [0.5, 0.6) is 0 Å². The molecule has 6 heteroatoms. The molecule has 3 aromatic rings. The molecule has 0 aliphatic heterocycles. The van der Waals surface area contributed by atoms with E-state index >= 15 is 0 Å². The van der Waals surface area contributed by atoms with Crippen LogP contribution in [0.3, 0.4) is 0 Å². The molecule has 0 aliphatic rings. The highest BCUT2D eigenvalue weighted by atomic mass is 16.2. The summed E-state index contributed by atoms with van der Waals surface area (Å²) in [7, 11) is 0. The third-order valence-corrected chi connectivity index (χ3v) is 3.16. The topological polar surface area (TPSA) is 90.6 Å². The SMILES string of the molecule is Cc1cc(=O)c(C(=O)NCc2nc3ccccc3[nH]2)c[nH]1. The van der Waals surface area contributed by atoms with Crippen LogP contribution in [0.25, 0.3) is 11.0 Å². The number of amides is 1. The molecule has 0 unspecified atom stereocenters. The fraction of sp³-hybridized carbons (Fsp3) is 0.133. The number of hydrogen-bond donors (Lipinski definition) is 3. The molecule has 0 aliphatic carbocycles. The molecule has 2 heterocycles. The Morgan fingerprint density at radius 3 is 2.90 bits per heavy atom. The Bertz CT molecular complexity index is 830. The van der Waals surface area contributed by atoms with Gasteiger partial charge in [0, 0.05) is 18.0 Å². The first-order valence-electron chi connectivity index (χ1n) is 6.54. The summed E-state index contributed by atoms with van der Waals surface area (Å²) in [5.74, 6) is 0.227. The minimum Gasteiger partial charge on any atom is -0.364 e. The maximum absolute atomic E-state index is 12.0. The zero-order valence-electron chi connectivity index (χ0n) is 11.4. The number of fused-ring (bicyclic) bond motifs is 1. The van der Waals surface area contributed by atoms with Crippen LogP contribution < -0.4 is 10.7 Å². The van der Waals surface area contributed by atoms with Gasteiger partial charge in [0.15, 0.2) is 5.43 Å². The van der Waals surface area contributed by atoms with E-state index in [1.807, 2.05) is 24.3 Å². The number of pyridine rings is 1. The summed E-state index contributed by atoms with van der Waals surface area (Å²) in [4.78, 5) is 34.1. The number of rotatable bonds is 3. The van der Waals surface area contributed by atoms with Gasteiger partial charge in [-0.05, 0) is 19.1 Å². The number of aryl methyl sites for hydroxylation is 1. The molecule has 3 rings (SSSR count). The average Bonchev–Trinajstić information content (AvgIpc) is 2.87. The fourth-order valence-corrected chi connectivity index (χ4v) is 2.10. The largest absolute Gasteiger partial charge is 0.364 e. The summed E-state index contributed by atoms with van der Waals surface area (Å²) >= 11 is 0. The van der Waals surface area contributed by atoms with E-state index in [-0.39, 0.29) is 17.5 Å². The molecule has 3 N–H and O–H groups in total. The molecule has 0 radical (unpaired) electrons. The lowest BCUT2D eigenvalue weighted by molar-refractivity contribution is 0.0948. The number of para-hydroxylation sites is 2. The van der Waals surface area contributed by atoms with Crippen molar-refractivity contribution in [2.75, 3.05) is 0 Å². The van der Waals surface area contributed by atoms with E-state index in [9.17, 15) is 9.59 Å². The second-order valence-electron chi connectivity index (χ2n) is 4.78. The molecule has 0 fully saturated rings. The third kappa shape index (κ3) is 2.69. The molecule has 1 aromatic carbocycles. The van der Waals surface area contributed by atoms with Crippen molar-refractivity contribution in [1.29, 1.82) is 0 Å². The highest BCUT2D eigenvalue weighted by molar-refractivity contribution is 5.93. The maximum atomic E-state index is 12.0. The summed E-state index contributed by atoms with van der Waals surface area (Å²) in [6.45, 7) is 2.00. The van der Waals surface area contributed by atoms with Crippen molar-refractivity contribution >= 4 is 16.9 Å². The van der Waals surface area contributed by atoms with E-state index in [1.165, 1.54) is 12.3 Å². The molecule has 2 aromatic heterocycles. The molecule has 0 saturated heterocycles. The number of aromatic nitrogens is 3. The smallest absolute Gasteiger partial charge is 0.257 e. The number of imidazole rings is 1. The average molecular weight is 282 g/mol. The van der Waals surface area contributed by atoms with Gasteiger partial charge in [-0.3, -0.25) is 9.59 Å². The monoisotopic (exact) mass is 282 g/mol. The van der Waals surface area contributed by atoms with Crippen LogP contribution in [-0.2, 0) is 6.54 Å².